The van der Waals surface area contributed by atoms with Gasteiger partial charge in [0.1, 0.15) is 5.82 Å². The average Bonchev–Trinajstić information content (AvgIpc) is 3.60. The van der Waals surface area contributed by atoms with Crippen LogP contribution in [0.3, 0.4) is 0 Å². The van der Waals surface area contributed by atoms with Crippen LogP contribution in [0.4, 0.5) is 5.69 Å². The summed E-state index contributed by atoms with van der Waals surface area (Å²) in [7, 11) is 0. The molecule has 0 unspecified atom stereocenters. The molecule has 1 saturated heterocycles. The number of amides is 1. The Morgan fingerprint density at radius 2 is 2.09 bits per heavy atom. The summed E-state index contributed by atoms with van der Waals surface area (Å²) >= 11 is 0. The molecule has 0 aliphatic carbocycles. The third-order valence-corrected chi connectivity index (χ3v) is 6.16. The predicted octanol–water partition coefficient (Wildman–Crippen LogP) is 4.38. The van der Waals surface area contributed by atoms with Gasteiger partial charge in [0.15, 0.2) is 5.76 Å². The summed E-state index contributed by atoms with van der Waals surface area (Å²) in [5, 5.41) is 9.65. The van der Waals surface area contributed by atoms with Crippen LogP contribution in [-0.4, -0.2) is 40.0 Å². The molecule has 1 aliphatic rings. The van der Waals surface area contributed by atoms with Gasteiger partial charge in [-0.05, 0) is 75.2 Å². The molecule has 1 amide bonds. The minimum atomic E-state index is -0.128. The van der Waals surface area contributed by atoms with Crippen molar-refractivity contribution in [1.82, 2.24) is 25.6 Å². The molecule has 2 aromatic heterocycles. The van der Waals surface area contributed by atoms with Crippen LogP contribution in [0.2, 0.25) is 0 Å². The number of aryl methyl sites for hydroxylation is 1. The van der Waals surface area contributed by atoms with Crippen LogP contribution in [0.1, 0.15) is 37.6 Å². The maximum atomic E-state index is 12.6. The summed E-state index contributed by atoms with van der Waals surface area (Å²) in [4.78, 5) is 25.1. The summed E-state index contributed by atoms with van der Waals surface area (Å²) < 4.78 is 6.10. The number of H-pyrrole nitrogens is 1. The third kappa shape index (κ3) is 4.73. The largest absolute Gasteiger partial charge is 0.436 e. The van der Waals surface area contributed by atoms with Gasteiger partial charge in [0.05, 0.1) is 29.8 Å². The van der Waals surface area contributed by atoms with Crippen molar-refractivity contribution < 1.29 is 9.21 Å². The molecule has 0 bridgehead atoms. The van der Waals surface area contributed by atoms with E-state index < -0.39 is 0 Å². The summed E-state index contributed by atoms with van der Waals surface area (Å²) in [5.74, 6) is 2.10. The highest BCUT2D eigenvalue weighted by Gasteiger charge is 2.22. The van der Waals surface area contributed by atoms with Crippen molar-refractivity contribution in [3.05, 3.63) is 54.0 Å². The van der Waals surface area contributed by atoms with E-state index in [1.807, 2.05) is 43.3 Å². The van der Waals surface area contributed by atoms with Crippen molar-refractivity contribution in [3.8, 4) is 22.8 Å². The van der Waals surface area contributed by atoms with Gasteiger partial charge in [-0.1, -0.05) is 13.0 Å². The van der Waals surface area contributed by atoms with Gasteiger partial charge in [0, 0.05) is 16.8 Å². The van der Waals surface area contributed by atoms with Gasteiger partial charge in [-0.15, -0.1) is 0 Å². The first-order chi connectivity index (χ1) is 16.6. The number of hydrogen-bond donors (Lipinski definition) is 4. The highest BCUT2D eigenvalue weighted by Crippen LogP contribution is 2.30. The number of anilines is 1. The van der Waals surface area contributed by atoms with Gasteiger partial charge in [0.2, 0.25) is 11.8 Å². The van der Waals surface area contributed by atoms with Crippen molar-refractivity contribution in [2.45, 2.75) is 45.7 Å². The summed E-state index contributed by atoms with van der Waals surface area (Å²) in [5.41, 5.74) is 5.39. The van der Waals surface area contributed by atoms with E-state index in [0.29, 0.717) is 18.2 Å². The second kappa shape index (κ2) is 9.79. The molecule has 176 valence electrons. The number of aromatic amines is 1. The van der Waals surface area contributed by atoms with E-state index in [2.05, 4.69) is 32.8 Å². The van der Waals surface area contributed by atoms with E-state index in [1.165, 1.54) is 0 Å². The van der Waals surface area contributed by atoms with Crippen LogP contribution >= 0.6 is 0 Å². The van der Waals surface area contributed by atoms with Crippen LogP contribution in [0.15, 0.2) is 47.0 Å². The molecule has 1 atom stereocenters. The standard InChI is InChI=1S/C26H30N6O2/c1-3-10-27-15-24-30-19-9-8-17(12-22(19)31-24)23-14-29-26(34-23)18-7-6-16(2)21(13-18)32-25(33)20-5-4-11-28-20/h6-9,12-14,20,27-28H,3-5,10-11,15H2,1-2H3,(H,30,31)(H,32,33)/t20-/m0/s1. The molecular formula is C26H30N6O2. The number of nitrogens with one attached hydrogen (secondary N) is 4. The molecule has 4 aromatic rings. The molecule has 8 nitrogen and oxygen atoms in total. The number of nitrogens with zero attached hydrogens (tertiary/aromatic N) is 2. The van der Waals surface area contributed by atoms with Gasteiger partial charge in [-0.2, -0.15) is 0 Å². The van der Waals surface area contributed by atoms with Gasteiger partial charge in [-0.3, -0.25) is 4.79 Å². The molecular weight excluding hydrogens is 428 g/mol. The summed E-state index contributed by atoms with van der Waals surface area (Å²) in [6.07, 6.45) is 4.71. The predicted molar refractivity (Wildman–Crippen MR) is 133 cm³/mol. The zero-order chi connectivity index (χ0) is 23.5. The number of rotatable bonds is 8. The lowest BCUT2D eigenvalue weighted by atomic mass is 10.1. The average molecular weight is 459 g/mol. The van der Waals surface area contributed by atoms with E-state index in [-0.39, 0.29) is 11.9 Å². The monoisotopic (exact) mass is 458 g/mol. The quantitative estimate of drug-likeness (QED) is 0.292. The van der Waals surface area contributed by atoms with Crippen molar-refractivity contribution in [1.29, 1.82) is 0 Å². The molecule has 34 heavy (non-hydrogen) atoms. The Morgan fingerprint density at radius 1 is 1.21 bits per heavy atom. The number of carbonyl (C=O) groups excluding carboxylic acids is 1. The van der Waals surface area contributed by atoms with Gasteiger partial charge in [-0.25, -0.2) is 9.97 Å². The third-order valence-electron chi connectivity index (χ3n) is 6.16. The Bertz CT molecular complexity index is 1300. The second-order valence-electron chi connectivity index (χ2n) is 8.79. The number of hydrogen-bond acceptors (Lipinski definition) is 6. The Kier molecular flexibility index (Phi) is 6.42. The van der Waals surface area contributed by atoms with Crippen molar-refractivity contribution in [2.75, 3.05) is 18.4 Å². The van der Waals surface area contributed by atoms with Crippen molar-refractivity contribution in [2.24, 2.45) is 0 Å². The fraction of sp³-hybridized carbons (Fsp3) is 0.346. The lowest BCUT2D eigenvalue weighted by molar-refractivity contribution is -0.117. The number of oxazole rings is 1. The van der Waals surface area contributed by atoms with Crippen LogP contribution < -0.4 is 16.0 Å². The first-order valence-electron chi connectivity index (χ1n) is 11.9. The lowest BCUT2D eigenvalue weighted by Gasteiger charge is -2.13. The van der Waals surface area contributed by atoms with Crippen molar-refractivity contribution in [3.63, 3.8) is 0 Å². The Hall–Kier alpha value is -3.49. The minimum Gasteiger partial charge on any atom is -0.436 e. The fourth-order valence-electron chi connectivity index (χ4n) is 4.24. The van der Waals surface area contributed by atoms with Gasteiger partial charge >= 0.3 is 0 Å². The molecule has 8 heteroatoms. The van der Waals surface area contributed by atoms with E-state index in [4.69, 9.17) is 9.40 Å². The highest BCUT2D eigenvalue weighted by atomic mass is 16.4. The molecule has 3 heterocycles. The Morgan fingerprint density at radius 3 is 2.91 bits per heavy atom. The number of aromatic nitrogens is 3. The second-order valence-corrected chi connectivity index (χ2v) is 8.79. The molecule has 2 aromatic carbocycles. The minimum absolute atomic E-state index is 0.00223. The molecule has 4 N–H and O–H groups in total. The first kappa shape index (κ1) is 22.3. The summed E-state index contributed by atoms with van der Waals surface area (Å²) in [6, 6.07) is 11.8. The Balaban J connectivity index is 1.35. The van der Waals surface area contributed by atoms with E-state index in [1.54, 1.807) is 6.20 Å². The zero-order valence-corrected chi connectivity index (χ0v) is 19.6. The number of imidazole rings is 1. The fourth-order valence-corrected chi connectivity index (χ4v) is 4.24. The van der Waals surface area contributed by atoms with Crippen molar-refractivity contribution >= 4 is 22.6 Å². The van der Waals surface area contributed by atoms with Gasteiger partial charge < -0.3 is 25.4 Å². The summed E-state index contributed by atoms with van der Waals surface area (Å²) in [6.45, 7) is 6.69. The SMILES string of the molecule is CCCNCc1nc2cc(-c3cnc(-c4ccc(C)c(NC(=O)[C@@H]5CCCN5)c4)o3)ccc2[nH]1. The lowest BCUT2D eigenvalue weighted by Crippen LogP contribution is -2.35. The van der Waals surface area contributed by atoms with E-state index >= 15 is 0 Å². The first-order valence-corrected chi connectivity index (χ1v) is 11.9. The normalized spacial score (nSPS) is 15.8. The van der Waals surface area contributed by atoms with Crippen LogP contribution in [0, 0.1) is 6.92 Å². The molecule has 0 radical (unpaired) electrons. The molecule has 0 saturated carbocycles. The zero-order valence-electron chi connectivity index (χ0n) is 19.6. The maximum Gasteiger partial charge on any atom is 0.241 e. The number of benzene rings is 2. The van der Waals surface area contributed by atoms with Crippen LogP contribution in [0.25, 0.3) is 33.8 Å². The van der Waals surface area contributed by atoms with Gasteiger partial charge in [0.25, 0.3) is 0 Å². The number of carbonyl (C=O) groups is 1. The number of fused-ring (bicyclic) bond motifs is 1. The van der Waals surface area contributed by atoms with E-state index in [9.17, 15) is 4.79 Å². The molecule has 1 aliphatic heterocycles. The molecule has 5 rings (SSSR count). The van der Waals surface area contributed by atoms with Crippen LogP contribution in [-0.2, 0) is 11.3 Å². The topological polar surface area (TPSA) is 108 Å². The maximum absolute atomic E-state index is 12.6. The molecule has 1 fully saturated rings. The molecule has 0 spiro atoms. The van der Waals surface area contributed by atoms with Crippen LogP contribution in [0.5, 0.6) is 0 Å². The Labute approximate surface area is 198 Å². The smallest absolute Gasteiger partial charge is 0.241 e. The highest BCUT2D eigenvalue weighted by molar-refractivity contribution is 5.96. The van der Waals surface area contributed by atoms with E-state index in [0.717, 1.165) is 71.6 Å².